The van der Waals surface area contributed by atoms with E-state index in [-0.39, 0.29) is 0 Å². The van der Waals surface area contributed by atoms with Crippen molar-refractivity contribution in [2.24, 2.45) is 4.99 Å². The lowest BCUT2D eigenvalue weighted by Gasteiger charge is -2.14. The third-order valence-electron chi connectivity index (χ3n) is 3.08. The van der Waals surface area contributed by atoms with Crippen molar-refractivity contribution in [2.75, 3.05) is 19.3 Å². The topological polar surface area (TPSA) is 49.3 Å². The third kappa shape index (κ3) is 4.69. The lowest BCUT2D eigenvalue weighted by atomic mass is 10.2. The van der Waals surface area contributed by atoms with Gasteiger partial charge in [-0.1, -0.05) is 6.92 Å². The molecule has 1 saturated heterocycles. The number of nitrogens with one attached hydrogen (secondary N) is 2. The van der Waals surface area contributed by atoms with Crippen LogP contribution in [0.1, 0.15) is 30.5 Å². The predicted molar refractivity (Wildman–Crippen MR) is 85.2 cm³/mol. The van der Waals surface area contributed by atoms with Gasteiger partial charge in [0.2, 0.25) is 0 Å². The molecule has 2 heterocycles. The first kappa shape index (κ1) is 14.7. The minimum Gasteiger partial charge on any atom is -0.355 e. The number of thiazole rings is 1. The molecule has 1 fully saturated rings. The van der Waals surface area contributed by atoms with Crippen LogP contribution in [0.2, 0.25) is 0 Å². The fourth-order valence-corrected chi connectivity index (χ4v) is 3.95. The maximum atomic E-state index is 4.54. The van der Waals surface area contributed by atoms with Gasteiger partial charge in [0.15, 0.2) is 5.96 Å². The van der Waals surface area contributed by atoms with Crippen LogP contribution in [-0.4, -0.2) is 35.5 Å². The molecule has 0 aliphatic carbocycles. The molecule has 0 saturated carbocycles. The Morgan fingerprint density at radius 3 is 3.05 bits per heavy atom. The molecule has 6 heteroatoms. The lowest BCUT2D eigenvalue weighted by Crippen LogP contribution is -2.39. The van der Waals surface area contributed by atoms with Gasteiger partial charge in [0.25, 0.3) is 0 Å². The summed E-state index contributed by atoms with van der Waals surface area (Å²) in [6, 6.07) is 0. The van der Waals surface area contributed by atoms with Crippen LogP contribution in [0.15, 0.2) is 10.4 Å². The number of hydrogen-bond donors (Lipinski definition) is 2. The van der Waals surface area contributed by atoms with Crippen molar-refractivity contribution < 1.29 is 0 Å². The molecule has 1 aliphatic rings. The van der Waals surface area contributed by atoms with Crippen molar-refractivity contribution in [2.45, 2.75) is 38.0 Å². The van der Waals surface area contributed by atoms with Crippen molar-refractivity contribution in [3.63, 3.8) is 0 Å². The SMILES string of the molecule is CCc1nc(CNC(=NC)NCC2CCCS2)cs1. The van der Waals surface area contributed by atoms with E-state index in [9.17, 15) is 0 Å². The van der Waals surface area contributed by atoms with Gasteiger partial charge in [-0.15, -0.1) is 11.3 Å². The summed E-state index contributed by atoms with van der Waals surface area (Å²) >= 11 is 3.79. The number of aliphatic imine (C=N–C) groups is 1. The van der Waals surface area contributed by atoms with E-state index in [1.807, 2.05) is 7.05 Å². The van der Waals surface area contributed by atoms with Crippen LogP contribution in [0.5, 0.6) is 0 Å². The highest BCUT2D eigenvalue weighted by Gasteiger charge is 2.15. The molecule has 19 heavy (non-hydrogen) atoms. The minimum absolute atomic E-state index is 0.740. The average Bonchev–Trinajstić information content (AvgIpc) is 3.10. The number of hydrogen-bond acceptors (Lipinski definition) is 4. The molecule has 0 amide bonds. The van der Waals surface area contributed by atoms with Crippen molar-refractivity contribution in [1.29, 1.82) is 0 Å². The molecule has 0 bridgehead atoms. The molecular weight excluding hydrogens is 276 g/mol. The Labute approximate surface area is 123 Å². The largest absolute Gasteiger partial charge is 0.355 e. The van der Waals surface area contributed by atoms with Gasteiger partial charge in [0.05, 0.1) is 17.2 Å². The highest BCUT2D eigenvalue weighted by Crippen LogP contribution is 2.25. The molecule has 1 aromatic heterocycles. The van der Waals surface area contributed by atoms with Crippen LogP contribution >= 0.6 is 23.1 Å². The van der Waals surface area contributed by atoms with Crippen LogP contribution in [0.4, 0.5) is 0 Å². The summed E-state index contributed by atoms with van der Waals surface area (Å²) in [4.78, 5) is 8.79. The zero-order chi connectivity index (χ0) is 13.5. The summed E-state index contributed by atoms with van der Waals surface area (Å²) in [5, 5.41) is 10.8. The van der Waals surface area contributed by atoms with Crippen LogP contribution < -0.4 is 10.6 Å². The van der Waals surface area contributed by atoms with Gasteiger partial charge in [0, 0.05) is 24.2 Å². The second kappa shape index (κ2) is 7.75. The van der Waals surface area contributed by atoms with Gasteiger partial charge in [-0.05, 0) is 25.0 Å². The maximum absolute atomic E-state index is 4.54. The monoisotopic (exact) mass is 298 g/mol. The van der Waals surface area contributed by atoms with E-state index in [0.29, 0.717) is 0 Å². The molecule has 1 atom stereocenters. The van der Waals surface area contributed by atoms with Crippen molar-refractivity contribution in [3.05, 3.63) is 16.1 Å². The normalized spacial score (nSPS) is 19.7. The quantitative estimate of drug-likeness (QED) is 0.647. The first-order valence-electron chi connectivity index (χ1n) is 6.81. The van der Waals surface area contributed by atoms with Gasteiger partial charge >= 0.3 is 0 Å². The molecule has 1 aromatic rings. The Kier molecular flexibility index (Phi) is 5.97. The van der Waals surface area contributed by atoms with Crippen molar-refractivity contribution in [1.82, 2.24) is 15.6 Å². The van der Waals surface area contributed by atoms with Gasteiger partial charge in [-0.2, -0.15) is 11.8 Å². The molecule has 1 aliphatic heterocycles. The van der Waals surface area contributed by atoms with E-state index >= 15 is 0 Å². The molecular formula is C13H22N4S2. The predicted octanol–water partition coefficient (Wildman–Crippen LogP) is 2.27. The molecule has 2 rings (SSSR count). The van der Waals surface area contributed by atoms with Crippen LogP contribution in [0.25, 0.3) is 0 Å². The Morgan fingerprint density at radius 1 is 1.53 bits per heavy atom. The number of rotatable bonds is 5. The second-order valence-corrected chi connectivity index (χ2v) is 6.88. The number of guanidine groups is 1. The van der Waals surface area contributed by atoms with Gasteiger partial charge in [0.1, 0.15) is 0 Å². The van der Waals surface area contributed by atoms with Gasteiger partial charge in [-0.3, -0.25) is 4.99 Å². The number of aryl methyl sites for hydroxylation is 1. The molecule has 0 aromatic carbocycles. The molecule has 106 valence electrons. The van der Waals surface area contributed by atoms with E-state index in [1.165, 1.54) is 23.6 Å². The first-order valence-corrected chi connectivity index (χ1v) is 8.74. The van der Waals surface area contributed by atoms with E-state index < -0.39 is 0 Å². The third-order valence-corrected chi connectivity index (χ3v) is 5.52. The summed E-state index contributed by atoms with van der Waals surface area (Å²) in [6.45, 7) is 3.88. The fourth-order valence-electron chi connectivity index (χ4n) is 2.00. The average molecular weight is 298 g/mol. The van der Waals surface area contributed by atoms with E-state index in [0.717, 1.165) is 36.4 Å². The molecule has 0 spiro atoms. The van der Waals surface area contributed by atoms with Gasteiger partial charge < -0.3 is 10.6 Å². The number of aromatic nitrogens is 1. The van der Waals surface area contributed by atoms with Gasteiger partial charge in [-0.25, -0.2) is 4.98 Å². The van der Waals surface area contributed by atoms with E-state index in [4.69, 9.17) is 0 Å². The van der Waals surface area contributed by atoms with E-state index in [2.05, 4.69) is 44.7 Å². The zero-order valence-corrected chi connectivity index (χ0v) is 13.2. The lowest BCUT2D eigenvalue weighted by molar-refractivity contribution is 0.723. The molecule has 1 unspecified atom stereocenters. The minimum atomic E-state index is 0.740. The summed E-state index contributed by atoms with van der Waals surface area (Å²) in [7, 11) is 1.82. The number of nitrogens with zero attached hydrogens (tertiary/aromatic N) is 2. The highest BCUT2D eigenvalue weighted by molar-refractivity contribution is 8.00. The Morgan fingerprint density at radius 2 is 2.42 bits per heavy atom. The Hall–Kier alpha value is -0.750. The summed E-state index contributed by atoms with van der Waals surface area (Å²) in [5.41, 5.74) is 1.10. The molecule has 0 radical (unpaired) electrons. The fraction of sp³-hybridized carbons (Fsp3) is 0.692. The molecule has 4 nitrogen and oxygen atoms in total. The molecule has 2 N–H and O–H groups in total. The summed E-state index contributed by atoms with van der Waals surface area (Å²) < 4.78 is 0. The smallest absolute Gasteiger partial charge is 0.191 e. The second-order valence-electron chi connectivity index (χ2n) is 4.53. The van der Waals surface area contributed by atoms with Crippen LogP contribution in [0, 0.1) is 0 Å². The summed E-state index contributed by atoms with van der Waals surface area (Å²) in [6.07, 6.45) is 3.68. The maximum Gasteiger partial charge on any atom is 0.191 e. The Balaban J connectivity index is 1.72. The standard InChI is InChI=1S/C13H22N4S2/c1-3-12-17-10(9-19-12)7-15-13(14-2)16-8-11-5-4-6-18-11/h9,11H,3-8H2,1-2H3,(H2,14,15,16). The summed E-state index contributed by atoms with van der Waals surface area (Å²) in [5.74, 6) is 2.18. The zero-order valence-electron chi connectivity index (χ0n) is 11.6. The van der Waals surface area contributed by atoms with Crippen LogP contribution in [-0.2, 0) is 13.0 Å². The first-order chi connectivity index (χ1) is 9.31. The van der Waals surface area contributed by atoms with Crippen molar-refractivity contribution >= 4 is 29.1 Å². The van der Waals surface area contributed by atoms with Crippen molar-refractivity contribution in [3.8, 4) is 0 Å². The van der Waals surface area contributed by atoms with E-state index in [1.54, 1.807) is 11.3 Å². The number of thioether (sulfide) groups is 1. The van der Waals surface area contributed by atoms with Crippen LogP contribution in [0.3, 0.4) is 0 Å². The Bertz CT molecular complexity index is 411. The highest BCUT2D eigenvalue weighted by atomic mass is 32.2.